The minimum atomic E-state index is -0.791. The van der Waals surface area contributed by atoms with Crippen LogP contribution in [0.4, 0.5) is 0 Å². The van der Waals surface area contributed by atoms with Crippen LogP contribution in [-0.4, -0.2) is 54.0 Å². The van der Waals surface area contributed by atoms with E-state index in [1.807, 2.05) is 24.3 Å². The van der Waals surface area contributed by atoms with Gasteiger partial charge < -0.3 is 14.6 Å². The summed E-state index contributed by atoms with van der Waals surface area (Å²) in [6.07, 6.45) is 2.05. The first-order valence-electron chi connectivity index (χ1n) is 8.14. The largest absolute Gasteiger partial charge is 0.480 e. The molecule has 2 unspecified atom stereocenters. The third-order valence-corrected chi connectivity index (χ3v) is 5.11. The number of carboxylic acids is 1. The van der Waals surface area contributed by atoms with Crippen molar-refractivity contribution in [3.8, 4) is 0 Å². The zero-order valence-electron chi connectivity index (χ0n) is 13.2. The highest BCUT2D eigenvalue weighted by atomic mass is 31.0. The maximum atomic E-state index is 11.9. The molecule has 2 fully saturated rings. The van der Waals surface area contributed by atoms with Crippen LogP contribution in [0.1, 0.15) is 30.0 Å². The number of nitrogens with zero attached hydrogens (tertiary/aromatic N) is 1. The molecule has 126 valence electrons. The maximum Gasteiger partial charge on any atom is 0.325 e. The number of rotatable bonds is 6. The molecule has 2 aliphatic rings. The van der Waals surface area contributed by atoms with Gasteiger partial charge >= 0.3 is 5.97 Å². The number of hydrogen-bond acceptors (Lipinski definition) is 4. The van der Waals surface area contributed by atoms with E-state index in [0.717, 1.165) is 43.7 Å². The fourth-order valence-corrected chi connectivity index (χ4v) is 3.74. The van der Waals surface area contributed by atoms with Crippen molar-refractivity contribution in [2.24, 2.45) is 0 Å². The van der Waals surface area contributed by atoms with Crippen LogP contribution in [0.3, 0.4) is 0 Å². The van der Waals surface area contributed by atoms with Crippen LogP contribution >= 0.6 is 9.24 Å². The van der Waals surface area contributed by atoms with E-state index in [0.29, 0.717) is 18.9 Å². The molecule has 2 heterocycles. The lowest BCUT2D eigenvalue weighted by atomic mass is 9.99. The Morgan fingerprint density at radius 2 is 2.26 bits per heavy atom. The standard InChI is InChI=1S/C17H24NO4P/c19-17(20)16(18-7-5-14(23)9-18)15-4-2-1-3-12(15)10-22-13-6-8-21-11-13/h1-4,13-14,16H,5-11,23H2,(H,19,20)/t13-,14+,16?/m0/s1. The second kappa shape index (κ2) is 7.71. The minimum absolute atomic E-state index is 0.120. The van der Waals surface area contributed by atoms with E-state index in [1.165, 1.54) is 0 Å². The van der Waals surface area contributed by atoms with Crippen LogP contribution in [0.15, 0.2) is 24.3 Å². The van der Waals surface area contributed by atoms with E-state index in [4.69, 9.17) is 9.47 Å². The minimum Gasteiger partial charge on any atom is -0.480 e. The highest BCUT2D eigenvalue weighted by Crippen LogP contribution is 2.30. The van der Waals surface area contributed by atoms with Crippen LogP contribution in [0.2, 0.25) is 0 Å². The molecule has 0 spiro atoms. The lowest BCUT2D eigenvalue weighted by Crippen LogP contribution is -2.33. The summed E-state index contributed by atoms with van der Waals surface area (Å²) in [5.41, 5.74) is 2.27. The average molecular weight is 337 g/mol. The molecule has 23 heavy (non-hydrogen) atoms. The van der Waals surface area contributed by atoms with Crippen LogP contribution < -0.4 is 0 Å². The first kappa shape index (κ1) is 16.8. The van der Waals surface area contributed by atoms with Gasteiger partial charge in [0.05, 0.1) is 19.3 Å². The molecule has 6 heteroatoms. The van der Waals surface area contributed by atoms with E-state index in [2.05, 4.69) is 14.1 Å². The van der Waals surface area contributed by atoms with Crippen molar-refractivity contribution in [2.75, 3.05) is 26.3 Å². The van der Waals surface area contributed by atoms with Gasteiger partial charge in [-0.25, -0.2) is 0 Å². The molecule has 0 amide bonds. The lowest BCUT2D eigenvalue weighted by molar-refractivity contribution is -0.143. The molecule has 1 N–H and O–H groups in total. The van der Waals surface area contributed by atoms with Crippen LogP contribution in [-0.2, 0) is 20.9 Å². The molecular formula is C17H24NO4P. The molecule has 2 saturated heterocycles. The van der Waals surface area contributed by atoms with Gasteiger partial charge in [-0.3, -0.25) is 9.69 Å². The Kier molecular flexibility index (Phi) is 5.65. The molecule has 0 aliphatic carbocycles. The van der Waals surface area contributed by atoms with Crippen molar-refractivity contribution in [3.05, 3.63) is 35.4 Å². The third-order valence-electron chi connectivity index (χ3n) is 4.57. The number of carboxylic acid groups (broad SMARTS) is 1. The van der Waals surface area contributed by atoms with Gasteiger partial charge in [0.2, 0.25) is 0 Å². The van der Waals surface area contributed by atoms with Crippen molar-refractivity contribution < 1.29 is 19.4 Å². The number of benzene rings is 1. The summed E-state index contributed by atoms with van der Waals surface area (Å²) in [6, 6.07) is 7.13. The Labute approximate surface area is 139 Å². The molecule has 4 atom stereocenters. The second-order valence-corrected chi connectivity index (χ2v) is 7.22. The van der Waals surface area contributed by atoms with Gasteiger partial charge in [0.15, 0.2) is 0 Å². The number of hydrogen-bond donors (Lipinski definition) is 1. The molecule has 1 aromatic carbocycles. The molecule has 2 aliphatic heterocycles. The number of ether oxygens (including phenoxy) is 2. The molecule has 0 aromatic heterocycles. The molecule has 0 saturated carbocycles. The van der Waals surface area contributed by atoms with Crippen LogP contribution in [0.5, 0.6) is 0 Å². The highest BCUT2D eigenvalue weighted by Gasteiger charge is 2.33. The highest BCUT2D eigenvalue weighted by molar-refractivity contribution is 7.17. The van der Waals surface area contributed by atoms with E-state index in [1.54, 1.807) is 0 Å². The predicted octanol–water partition coefficient (Wildman–Crippen LogP) is 2.07. The van der Waals surface area contributed by atoms with Gasteiger partial charge in [0.25, 0.3) is 0 Å². The number of aliphatic carboxylic acids is 1. The quantitative estimate of drug-likeness (QED) is 0.806. The zero-order chi connectivity index (χ0) is 16.2. The first-order valence-corrected chi connectivity index (χ1v) is 8.81. The van der Waals surface area contributed by atoms with Gasteiger partial charge in [-0.1, -0.05) is 24.3 Å². The average Bonchev–Trinajstić information content (AvgIpc) is 3.18. The summed E-state index contributed by atoms with van der Waals surface area (Å²) < 4.78 is 11.2. The summed E-state index contributed by atoms with van der Waals surface area (Å²) in [4.78, 5) is 14.0. The Bertz CT molecular complexity index is 547. The van der Waals surface area contributed by atoms with Crippen molar-refractivity contribution in [1.29, 1.82) is 0 Å². The zero-order valence-corrected chi connectivity index (χ0v) is 14.3. The Morgan fingerprint density at radius 3 is 2.91 bits per heavy atom. The number of likely N-dealkylation sites (tertiary alicyclic amines) is 1. The second-order valence-electron chi connectivity index (χ2n) is 6.28. The van der Waals surface area contributed by atoms with Gasteiger partial charge in [-0.15, -0.1) is 9.24 Å². The predicted molar refractivity (Wildman–Crippen MR) is 90.5 cm³/mol. The van der Waals surface area contributed by atoms with E-state index in [9.17, 15) is 9.90 Å². The molecule has 0 bridgehead atoms. The third kappa shape index (κ3) is 4.10. The molecule has 3 rings (SSSR count). The topological polar surface area (TPSA) is 59.0 Å². The van der Waals surface area contributed by atoms with Gasteiger partial charge in [0.1, 0.15) is 6.04 Å². The van der Waals surface area contributed by atoms with Gasteiger partial charge in [-0.05, 0) is 36.2 Å². The fraction of sp³-hybridized carbons (Fsp3) is 0.588. The summed E-state index contributed by atoms with van der Waals surface area (Å²) in [7, 11) is 2.80. The molecule has 5 nitrogen and oxygen atoms in total. The van der Waals surface area contributed by atoms with Gasteiger partial charge in [0, 0.05) is 13.2 Å². The molecule has 0 radical (unpaired) electrons. The fourth-order valence-electron chi connectivity index (χ4n) is 3.32. The maximum absolute atomic E-state index is 11.9. The van der Waals surface area contributed by atoms with Crippen molar-refractivity contribution in [3.63, 3.8) is 0 Å². The van der Waals surface area contributed by atoms with E-state index >= 15 is 0 Å². The Morgan fingerprint density at radius 1 is 1.43 bits per heavy atom. The Hall–Kier alpha value is -1.00. The van der Waals surface area contributed by atoms with Crippen molar-refractivity contribution in [1.82, 2.24) is 4.90 Å². The summed E-state index contributed by atoms with van der Waals surface area (Å²) >= 11 is 0. The summed E-state index contributed by atoms with van der Waals surface area (Å²) in [5, 5.41) is 9.77. The van der Waals surface area contributed by atoms with E-state index < -0.39 is 12.0 Å². The number of carbonyl (C=O) groups is 1. The van der Waals surface area contributed by atoms with Gasteiger partial charge in [-0.2, -0.15) is 0 Å². The summed E-state index contributed by atoms with van der Waals surface area (Å²) in [5.74, 6) is -0.791. The molecule has 1 aromatic rings. The first-order chi connectivity index (χ1) is 11.1. The Balaban J connectivity index is 1.77. The van der Waals surface area contributed by atoms with Crippen LogP contribution in [0, 0.1) is 0 Å². The summed E-state index contributed by atoms with van der Waals surface area (Å²) in [6.45, 7) is 3.43. The van der Waals surface area contributed by atoms with Crippen LogP contribution in [0.25, 0.3) is 0 Å². The van der Waals surface area contributed by atoms with E-state index in [-0.39, 0.29) is 6.10 Å². The normalized spacial score (nSPS) is 26.5. The SMILES string of the molecule is O=C(O)C(c1ccccc1CO[C@H]1CCOC1)N1CC[C@@H](P)C1. The smallest absolute Gasteiger partial charge is 0.325 e. The monoisotopic (exact) mass is 337 g/mol. The lowest BCUT2D eigenvalue weighted by Gasteiger charge is -2.26. The molecular weight excluding hydrogens is 313 g/mol. The van der Waals surface area contributed by atoms with Crippen molar-refractivity contribution >= 4 is 15.2 Å². The van der Waals surface area contributed by atoms with Crippen molar-refractivity contribution in [2.45, 2.75) is 37.3 Å².